The van der Waals surface area contributed by atoms with E-state index in [4.69, 9.17) is 13.9 Å². The number of carbonyl (C=O) groups excluding carboxylic acids is 1. The number of benzene rings is 1. The summed E-state index contributed by atoms with van der Waals surface area (Å²) in [5.74, 6) is 1.07. The number of nitrogens with one attached hydrogen (secondary N) is 1. The molecule has 0 unspecified atom stereocenters. The summed E-state index contributed by atoms with van der Waals surface area (Å²) in [4.78, 5) is 16.3. The summed E-state index contributed by atoms with van der Waals surface area (Å²) in [7, 11) is 0. The summed E-state index contributed by atoms with van der Waals surface area (Å²) in [6.45, 7) is 12.1. The van der Waals surface area contributed by atoms with Crippen molar-refractivity contribution < 1.29 is 18.7 Å². The van der Waals surface area contributed by atoms with Crippen LogP contribution in [0.2, 0.25) is 0 Å². The monoisotopic (exact) mass is 360 g/mol. The van der Waals surface area contributed by atoms with Crippen molar-refractivity contribution in [3.05, 3.63) is 47.7 Å². The summed E-state index contributed by atoms with van der Waals surface area (Å²) >= 11 is 0. The lowest BCUT2D eigenvalue weighted by atomic mass is 10.1. The van der Waals surface area contributed by atoms with E-state index in [0.29, 0.717) is 18.8 Å². The van der Waals surface area contributed by atoms with Crippen molar-refractivity contribution in [3.8, 4) is 5.75 Å². The van der Waals surface area contributed by atoms with Crippen LogP contribution in [0.1, 0.15) is 51.6 Å². The van der Waals surface area contributed by atoms with E-state index in [2.05, 4.69) is 10.3 Å². The highest BCUT2D eigenvalue weighted by Gasteiger charge is 2.34. The smallest absolute Gasteiger partial charge is 0.350 e. The van der Waals surface area contributed by atoms with Crippen molar-refractivity contribution in [3.63, 3.8) is 0 Å². The van der Waals surface area contributed by atoms with Gasteiger partial charge < -0.3 is 19.2 Å². The van der Waals surface area contributed by atoms with Gasteiger partial charge in [-0.15, -0.1) is 0 Å². The van der Waals surface area contributed by atoms with Crippen LogP contribution in [0.4, 0.5) is 0 Å². The number of hydrogen-bond donors (Lipinski definition) is 1. The number of aromatic nitrogens is 1. The minimum absolute atomic E-state index is 0.391. The Bertz CT molecular complexity index is 727. The zero-order valence-corrected chi connectivity index (χ0v) is 16.4. The molecule has 0 atom stereocenters. The molecule has 1 N–H and O–H groups in total. The standard InChI is InChI=1S/C20H28N2O4/c1-14-17(24-13-22-14)12-21-11-15-7-9-16(10-8-15)25-20(5,6)18(23)26-19(2,3)4/h7-10,13,21H,11-12H2,1-6H3. The van der Waals surface area contributed by atoms with Gasteiger partial charge in [-0.05, 0) is 59.2 Å². The number of nitrogens with zero attached hydrogens (tertiary/aromatic N) is 1. The van der Waals surface area contributed by atoms with Crippen LogP contribution >= 0.6 is 0 Å². The molecular formula is C20H28N2O4. The molecule has 26 heavy (non-hydrogen) atoms. The van der Waals surface area contributed by atoms with Crippen molar-refractivity contribution in [2.45, 2.75) is 65.8 Å². The zero-order valence-electron chi connectivity index (χ0n) is 16.4. The van der Waals surface area contributed by atoms with E-state index in [-0.39, 0.29) is 0 Å². The van der Waals surface area contributed by atoms with Crippen molar-refractivity contribution in [1.29, 1.82) is 0 Å². The maximum absolute atomic E-state index is 12.3. The quantitative estimate of drug-likeness (QED) is 0.758. The fourth-order valence-corrected chi connectivity index (χ4v) is 2.23. The first kappa shape index (κ1) is 20.0. The van der Waals surface area contributed by atoms with Crippen LogP contribution in [-0.2, 0) is 22.6 Å². The first-order chi connectivity index (χ1) is 12.1. The van der Waals surface area contributed by atoms with E-state index < -0.39 is 17.2 Å². The Morgan fingerprint density at radius 1 is 1.12 bits per heavy atom. The lowest BCUT2D eigenvalue weighted by molar-refractivity contribution is -0.170. The van der Waals surface area contributed by atoms with Gasteiger partial charge in [0, 0.05) is 6.54 Å². The lowest BCUT2D eigenvalue weighted by Crippen LogP contribution is -2.43. The number of ether oxygens (including phenoxy) is 2. The number of hydrogen-bond acceptors (Lipinski definition) is 6. The Morgan fingerprint density at radius 2 is 1.77 bits per heavy atom. The van der Waals surface area contributed by atoms with Crippen LogP contribution in [0.3, 0.4) is 0 Å². The molecular weight excluding hydrogens is 332 g/mol. The van der Waals surface area contributed by atoms with Crippen LogP contribution in [0.15, 0.2) is 35.1 Å². The van der Waals surface area contributed by atoms with E-state index in [1.807, 2.05) is 52.0 Å². The topological polar surface area (TPSA) is 73.6 Å². The fourth-order valence-electron chi connectivity index (χ4n) is 2.23. The summed E-state index contributed by atoms with van der Waals surface area (Å²) in [5, 5.41) is 3.31. The van der Waals surface area contributed by atoms with E-state index in [9.17, 15) is 4.79 Å². The number of aryl methyl sites for hydroxylation is 1. The van der Waals surface area contributed by atoms with Gasteiger partial charge in [0.25, 0.3) is 0 Å². The Kier molecular flexibility index (Phi) is 6.08. The van der Waals surface area contributed by atoms with Crippen molar-refractivity contribution in [2.24, 2.45) is 0 Å². The third-order valence-electron chi connectivity index (χ3n) is 3.65. The van der Waals surface area contributed by atoms with Gasteiger partial charge in [-0.3, -0.25) is 0 Å². The Morgan fingerprint density at radius 3 is 2.31 bits per heavy atom. The second kappa shape index (κ2) is 7.91. The van der Waals surface area contributed by atoms with Gasteiger partial charge in [0.15, 0.2) is 12.0 Å². The zero-order chi connectivity index (χ0) is 19.4. The molecule has 0 saturated carbocycles. The summed E-state index contributed by atoms with van der Waals surface area (Å²) < 4.78 is 16.5. The van der Waals surface area contributed by atoms with E-state index in [1.54, 1.807) is 13.8 Å². The predicted octanol–water partition coefficient (Wildman–Crippen LogP) is 3.77. The molecule has 0 amide bonds. The molecule has 0 spiro atoms. The van der Waals surface area contributed by atoms with Crippen LogP contribution in [0.25, 0.3) is 0 Å². The molecule has 0 aliphatic rings. The Balaban J connectivity index is 1.88. The molecule has 6 nitrogen and oxygen atoms in total. The molecule has 0 radical (unpaired) electrons. The highest BCUT2D eigenvalue weighted by Crippen LogP contribution is 2.22. The summed E-state index contributed by atoms with van der Waals surface area (Å²) in [6.07, 6.45) is 1.45. The van der Waals surface area contributed by atoms with Crippen molar-refractivity contribution >= 4 is 5.97 Å². The first-order valence-electron chi connectivity index (χ1n) is 8.68. The highest BCUT2D eigenvalue weighted by atomic mass is 16.6. The van der Waals surface area contributed by atoms with Gasteiger partial charge in [-0.25, -0.2) is 9.78 Å². The summed E-state index contributed by atoms with van der Waals surface area (Å²) in [6, 6.07) is 7.62. The van der Waals surface area contributed by atoms with E-state index >= 15 is 0 Å². The van der Waals surface area contributed by atoms with Crippen molar-refractivity contribution in [1.82, 2.24) is 10.3 Å². The van der Waals surface area contributed by atoms with Gasteiger partial charge in [0.05, 0.1) is 12.2 Å². The third-order valence-corrected chi connectivity index (χ3v) is 3.65. The van der Waals surface area contributed by atoms with Gasteiger partial charge in [-0.1, -0.05) is 12.1 Å². The number of rotatable bonds is 7. The molecule has 0 bridgehead atoms. The second-order valence-corrected chi connectivity index (χ2v) is 7.72. The molecule has 2 rings (SSSR count). The van der Waals surface area contributed by atoms with Crippen LogP contribution in [0, 0.1) is 6.92 Å². The molecule has 0 aliphatic carbocycles. The Labute approximate surface area is 154 Å². The minimum atomic E-state index is -1.06. The maximum atomic E-state index is 12.3. The van der Waals surface area contributed by atoms with Gasteiger partial charge in [0.2, 0.25) is 0 Å². The number of oxazole rings is 1. The van der Waals surface area contributed by atoms with E-state index in [0.717, 1.165) is 17.0 Å². The van der Waals surface area contributed by atoms with Gasteiger partial charge in [0.1, 0.15) is 17.1 Å². The molecule has 6 heteroatoms. The largest absolute Gasteiger partial charge is 0.476 e. The van der Waals surface area contributed by atoms with Crippen LogP contribution in [-0.4, -0.2) is 22.2 Å². The molecule has 1 aromatic heterocycles. The molecule has 1 heterocycles. The van der Waals surface area contributed by atoms with Crippen molar-refractivity contribution in [2.75, 3.05) is 0 Å². The molecule has 0 aliphatic heterocycles. The molecule has 0 saturated heterocycles. The average Bonchev–Trinajstić information content (AvgIpc) is 2.92. The molecule has 1 aromatic carbocycles. The first-order valence-corrected chi connectivity index (χ1v) is 8.68. The third kappa shape index (κ3) is 5.88. The average molecular weight is 360 g/mol. The normalized spacial score (nSPS) is 12.1. The maximum Gasteiger partial charge on any atom is 0.350 e. The van der Waals surface area contributed by atoms with Gasteiger partial charge in [-0.2, -0.15) is 0 Å². The second-order valence-electron chi connectivity index (χ2n) is 7.72. The number of carbonyl (C=O) groups is 1. The molecule has 142 valence electrons. The predicted molar refractivity (Wildman–Crippen MR) is 98.8 cm³/mol. The summed E-state index contributed by atoms with van der Waals surface area (Å²) in [5.41, 5.74) is 0.390. The molecule has 0 fully saturated rings. The highest BCUT2D eigenvalue weighted by molar-refractivity contribution is 5.79. The Hall–Kier alpha value is -2.34. The lowest BCUT2D eigenvalue weighted by Gasteiger charge is -2.29. The van der Waals surface area contributed by atoms with Crippen LogP contribution < -0.4 is 10.1 Å². The van der Waals surface area contributed by atoms with Gasteiger partial charge >= 0.3 is 5.97 Å². The number of esters is 1. The van der Waals surface area contributed by atoms with Crippen LogP contribution in [0.5, 0.6) is 5.75 Å². The minimum Gasteiger partial charge on any atom is -0.476 e. The van der Waals surface area contributed by atoms with E-state index in [1.165, 1.54) is 6.39 Å². The SMILES string of the molecule is Cc1ncoc1CNCc1ccc(OC(C)(C)C(=O)OC(C)(C)C)cc1. The molecule has 2 aromatic rings. The fraction of sp³-hybridized carbons (Fsp3) is 0.500.